The zero-order chi connectivity index (χ0) is 10.6. The lowest BCUT2D eigenvalue weighted by Gasteiger charge is -2.33. The van der Waals surface area contributed by atoms with Crippen LogP contribution in [0.4, 0.5) is 0 Å². The third kappa shape index (κ3) is 2.25. The van der Waals surface area contributed by atoms with Crippen LogP contribution in [-0.2, 0) is 9.53 Å². The smallest absolute Gasteiger partial charge is 0.298 e. The first kappa shape index (κ1) is 11.0. The van der Waals surface area contributed by atoms with Crippen LogP contribution in [0.3, 0.4) is 0 Å². The molecule has 0 radical (unpaired) electrons. The maximum absolute atomic E-state index is 10.4. The molecule has 0 saturated heterocycles. The number of carbonyl (C=O) groups is 1. The highest BCUT2D eigenvalue weighted by atomic mass is 16.5. The highest BCUT2D eigenvalue weighted by Gasteiger charge is 2.29. The summed E-state index contributed by atoms with van der Waals surface area (Å²) in [6.45, 7) is 8.65. The van der Waals surface area contributed by atoms with Crippen LogP contribution in [0.5, 0.6) is 0 Å². The molecule has 0 aromatic rings. The fraction of sp³-hybridized carbons (Fsp3) is 0.583. The Hall–Kier alpha value is -1.05. The van der Waals surface area contributed by atoms with Gasteiger partial charge in [-0.25, -0.2) is 0 Å². The van der Waals surface area contributed by atoms with Gasteiger partial charge in [0.25, 0.3) is 6.47 Å². The quantitative estimate of drug-likeness (QED) is 0.507. The Morgan fingerprint density at radius 1 is 1.57 bits per heavy atom. The Kier molecular flexibility index (Phi) is 3.50. The first-order chi connectivity index (χ1) is 6.61. The lowest BCUT2D eigenvalue weighted by Crippen LogP contribution is -2.21. The molecule has 0 heterocycles. The summed E-state index contributed by atoms with van der Waals surface area (Å²) in [5.74, 6) is 0.858. The molecule has 0 aromatic heterocycles. The second-order valence-corrected chi connectivity index (χ2v) is 4.35. The Morgan fingerprint density at radius 3 is 2.86 bits per heavy atom. The first-order valence-corrected chi connectivity index (χ1v) is 5.05. The molecule has 0 spiro atoms. The van der Waals surface area contributed by atoms with Crippen LogP contribution in [0.25, 0.3) is 0 Å². The molecule has 2 heteroatoms. The van der Waals surface area contributed by atoms with Gasteiger partial charge in [0.2, 0.25) is 0 Å². The third-order valence-electron chi connectivity index (χ3n) is 2.90. The van der Waals surface area contributed by atoms with Gasteiger partial charge in [-0.1, -0.05) is 19.9 Å². The van der Waals surface area contributed by atoms with E-state index in [0.717, 1.165) is 31.4 Å². The molecular weight excluding hydrogens is 176 g/mol. The van der Waals surface area contributed by atoms with Gasteiger partial charge in [-0.05, 0) is 30.3 Å². The molecule has 0 N–H and O–H groups in total. The van der Waals surface area contributed by atoms with Crippen molar-refractivity contribution in [3.8, 4) is 0 Å². The normalized spacial score (nSPS) is 20.4. The van der Waals surface area contributed by atoms with E-state index >= 15 is 0 Å². The van der Waals surface area contributed by atoms with Crippen LogP contribution < -0.4 is 0 Å². The maximum Gasteiger partial charge on any atom is 0.298 e. The highest BCUT2D eigenvalue weighted by molar-refractivity contribution is 5.41. The predicted octanol–water partition coefficient (Wildman–Crippen LogP) is 3.20. The largest absolute Gasteiger partial charge is 0.433 e. The van der Waals surface area contributed by atoms with E-state index in [2.05, 4.69) is 20.4 Å². The van der Waals surface area contributed by atoms with Crippen molar-refractivity contribution in [2.45, 2.75) is 39.5 Å². The molecule has 2 nitrogen and oxygen atoms in total. The topological polar surface area (TPSA) is 26.3 Å². The Morgan fingerprint density at radius 2 is 2.29 bits per heavy atom. The third-order valence-corrected chi connectivity index (χ3v) is 2.90. The second kappa shape index (κ2) is 4.45. The maximum atomic E-state index is 10.4. The van der Waals surface area contributed by atoms with E-state index in [4.69, 9.17) is 4.74 Å². The number of hydrogen-bond acceptors (Lipinski definition) is 2. The minimum absolute atomic E-state index is 0.144. The van der Waals surface area contributed by atoms with Gasteiger partial charge in [-0.2, -0.15) is 0 Å². The molecule has 78 valence electrons. The lowest BCUT2D eigenvalue weighted by molar-refractivity contribution is -0.125. The molecule has 0 amide bonds. The van der Waals surface area contributed by atoms with E-state index in [0.29, 0.717) is 6.47 Å². The predicted molar refractivity (Wildman–Crippen MR) is 56.6 cm³/mol. The Balaban J connectivity index is 2.98. The molecule has 14 heavy (non-hydrogen) atoms. The monoisotopic (exact) mass is 194 g/mol. The standard InChI is InChI=1S/C12H18O2/c1-4-6-10-11(14-9-13)7-5-8-12(10,2)3/h4,9H,1,5-8H2,2-3H3. The first-order valence-electron chi connectivity index (χ1n) is 5.05. The van der Waals surface area contributed by atoms with Crippen molar-refractivity contribution >= 4 is 6.47 Å². The number of hydrogen-bond donors (Lipinski definition) is 0. The van der Waals surface area contributed by atoms with Gasteiger partial charge in [0.1, 0.15) is 5.76 Å². The summed E-state index contributed by atoms with van der Waals surface area (Å²) in [5, 5.41) is 0. The zero-order valence-electron chi connectivity index (χ0n) is 9.01. The molecule has 0 aliphatic heterocycles. The molecule has 0 unspecified atom stereocenters. The Labute approximate surface area is 85.6 Å². The molecular formula is C12H18O2. The van der Waals surface area contributed by atoms with Gasteiger partial charge >= 0.3 is 0 Å². The van der Waals surface area contributed by atoms with Gasteiger partial charge in [-0.15, -0.1) is 6.58 Å². The molecule has 0 fully saturated rings. The molecule has 0 bridgehead atoms. The summed E-state index contributed by atoms with van der Waals surface area (Å²) >= 11 is 0. The van der Waals surface area contributed by atoms with Crippen molar-refractivity contribution in [3.05, 3.63) is 24.0 Å². The van der Waals surface area contributed by atoms with E-state index < -0.39 is 0 Å². The van der Waals surface area contributed by atoms with Crippen molar-refractivity contribution in [2.24, 2.45) is 5.41 Å². The van der Waals surface area contributed by atoms with E-state index in [1.165, 1.54) is 5.57 Å². The van der Waals surface area contributed by atoms with Crippen molar-refractivity contribution < 1.29 is 9.53 Å². The van der Waals surface area contributed by atoms with Crippen LogP contribution in [0.2, 0.25) is 0 Å². The number of allylic oxidation sites excluding steroid dienone is 3. The molecule has 1 aliphatic carbocycles. The minimum Gasteiger partial charge on any atom is -0.433 e. The van der Waals surface area contributed by atoms with Crippen LogP contribution in [0.1, 0.15) is 39.5 Å². The molecule has 0 aromatic carbocycles. The molecule has 1 aliphatic rings. The van der Waals surface area contributed by atoms with E-state index in [9.17, 15) is 4.79 Å². The minimum atomic E-state index is 0.144. The molecule has 0 saturated carbocycles. The summed E-state index contributed by atoms with van der Waals surface area (Å²) in [6.07, 6.45) is 5.82. The van der Waals surface area contributed by atoms with Crippen LogP contribution in [-0.4, -0.2) is 6.47 Å². The zero-order valence-corrected chi connectivity index (χ0v) is 9.01. The highest BCUT2D eigenvalue weighted by Crippen LogP contribution is 2.42. The van der Waals surface area contributed by atoms with Crippen molar-refractivity contribution in [1.29, 1.82) is 0 Å². The van der Waals surface area contributed by atoms with E-state index in [1.807, 2.05) is 6.08 Å². The summed E-state index contributed by atoms with van der Waals surface area (Å²) in [6, 6.07) is 0. The summed E-state index contributed by atoms with van der Waals surface area (Å²) in [7, 11) is 0. The summed E-state index contributed by atoms with van der Waals surface area (Å²) in [4.78, 5) is 10.4. The van der Waals surface area contributed by atoms with Crippen LogP contribution >= 0.6 is 0 Å². The van der Waals surface area contributed by atoms with Gasteiger partial charge in [0.15, 0.2) is 0 Å². The number of carbonyl (C=O) groups excluding carboxylic acids is 1. The summed E-state index contributed by atoms with van der Waals surface area (Å²) < 4.78 is 5.03. The van der Waals surface area contributed by atoms with Crippen LogP contribution in [0.15, 0.2) is 24.0 Å². The van der Waals surface area contributed by atoms with Gasteiger partial charge in [0, 0.05) is 6.42 Å². The Bertz CT molecular complexity index is 261. The number of ether oxygens (including phenoxy) is 1. The molecule has 1 rings (SSSR count). The lowest BCUT2D eigenvalue weighted by atomic mass is 9.73. The van der Waals surface area contributed by atoms with E-state index in [-0.39, 0.29) is 5.41 Å². The van der Waals surface area contributed by atoms with Gasteiger partial charge in [0.05, 0.1) is 0 Å². The average Bonchev–Trinajstić information content (AvgIpc) is 2.11. The second-order valence-electron chi connectivity index (χ2n) is 4.35. The van der Waals surface area contributed by atoms with Crippen molar-refractivity contribution in [3.63, 3.8) is 0 Å². The number of rotatable bonds is 4. The van der Waals surface area contributed by atoms with Crippen LogP contribution in [0, 0.1) is 5.41 Å². The van der Waals surface area contributed by atoms with Gasteiger partial charge < -0.3 is 4.74 Å². The summed E-state index contributed by atoms with van der Waals surface area (Å²) in [5.41, 5.74) is 1.37. The van der Waals surface area contributed by atoms with E-state index in [1.54, 1.807) is 0 Å². The van der Waals surface area contributed by atoms with Crippen molar-refractivity contribution in [2.75, 3.05) is 0 Å². The average molecular weight is 194 g/mol. The SMILES string of the molecule is C=CCC1=C(OC=O)CCCC1(C)C. The van der Waals surface area contributed by atoms with Crippen molar-refractivity contribution in [1.82, 2.24) is 0 Å². The fourth-order valence-corrected chi connectivity index (χ4v) is 2.09. The molecule has 0 atom stereocenters. The van der Waals surface area contributed by atoms with Gasteiger partial charge in [-0.3, -0.25) is 4.79 Å². The fourth-order valence-electron chi connectivity index (χ4n) is 2.09.